The Hall–Kier alpha value is -2.61. The Balaban J connectivity index is 2.33. The lowest BCUT2D eigenvalue weighted by atomic mass is 10.1. The lowest BCUT2D eigenvalue weighted by Crippen LogP contribution is -2.01. The van der Waals surface area contributed by atoms with Crippen LogP contribution in [0.15, 0.2) is 24.3 Å². The van der Waals surface area contributed by atoms with Gasteiger partial charge in [-0.1, -0.05) is 13.8 Å². The molecule has 102 valence electrons. The number of benzene rings is 1. The van der Waals surface area contributed by atoms with Crippen molar-refractivity contribution in [3.8, 4) is 17.8 Å². The molecule has 1 aromatic heterocycles. The summed E-state index contributed by atoms with van der Waals surface area (Å²) in [5.74, 6) is 0.738. The van der Waals surface area contributed by atoms with E-state index in [0.29, 0.717) is 17.0 Å². The normalized spacial score (nSPS) is 10.3. The SMILES string of the molecule is Cc1cc(C(C)C)nc(Oc2ccc(C#N)cc2N)n1. The molecule has 0 spiro atoms. The van der Waals surface area contributed by atoms with Gasteiger partial charge in [0.2, 0.25) is 0 Å². The van der Waals surface area contributed by atoms with Gasteiger partial charge in [0.15, 0.2) is 5.75 Å². The first kappa shape index (κ1) is 13.8. The molecule has 0 bridgehead atoms. The van der Waals surface area contributed by atoms with Gasteiger partial charge in [0.25, 0.3) is 0 Å². The molecule has 0 amide bonds. The molecule has 5 heteroatoms. The molecule has 5 nitrogen and oxygen atoms in total. The van der Waals surface area contributed by atoms with Gasteiger partial charge in [0.05, 0.1) is 23.0 Å². The van der Waals surface area contributed by atoms with Crippen LogP contribution in [-0.4, -0.2) is 9.97 Å². The van der Waals surface area contributed by atoms with Crippen LogP contribution in [-0.2, 0) is 0 Å². The van der Waals surface area contributed by atoms with Gasteiger partial charge in [0.1, 0.15) is 0 Å². The summed E-state index contributed by atoms with van der Waals surface area (Å²) in [5.41, 5.74) is 8.48. The Morgan fingerprint density at radius 3 is 2.60 bits per heavy atom. The predicted octanol–water partition coefficient (Wildman–Crippen LogP) is 3.15. The first-order chi connectivity index (χ1) is 9.49. The average Bonchev–Trinajstić information content (AvgIpc) is 2.40. The van der Waals surface area contributed by atoms with Crippen molar-refractivity contribution in [1.29, 1.82) is 5.26 Å². The first-order valence-corrected chi connectivity index (χ1v) is 6.32. The van der Waals surface area contributed by atoms with Crippen molar-refractivity contribution in [2.75, 3.05) is 5.73 Å². The van der Waals surface area contributed by atoms with Crippen molar-refractivity contribution in [1.82, 2.24) is 9.97 Å². The molecule has 0 atom stereocenters. The molecule has 0 saturated heterocycles. The van der Waals surface area contributed by atoms with E-state index in [0.717, 1.165) is 11.4 Å². The number of ether oxygens (including phenoxy) is 1. The van der Waals surface area contributed by atoms with Crippen LogP contribution in [0.2, 0.25) is 0 Å². The summed E-state index contributed by atoms with van der Waals surface area (Å²) in [7, 11) is 0. The summed E-state index contributed by atoms with van der Waals surface area (Å²) >= 11 is 0. The molecule has 0 aliphatic carbocycles. The zero-order chi connectivity index (χ0) is 14.7. The summed E-state index contributed by atoms with van der Waals surface area (Å²) < 4.78 is 5.62. The number of hydrogen-bond donors (Lipinski definition) is 1. The molecule has 1 aromatic carbocycles. The van der Waals surface area contributed by atoms with Gasteiger partial charge in [-0.25, -0.2) is 4.98 Å². The third kappa shape index (κ3) is 3.04. The number of nitriles is 1. The lowest BCUT2D eigenvalue weighted by molar-refractivity contribution is 0.438. The number of nitrogen functional groups attached to an aromatic ring is 1. The number of aryl methyl sites for hydroxylation is 1. The quantitative estimate of drug-likeness (QED) is 0.864. The highest BCUT2D eigenvalue weighted by atomic mass is 16.5. The molecule has 1 heterocycles. The molecule has 0 fully saturated rings. The summed E-state index contributed by atoms with van der Waals surface area (Å²) in [6, 6.07) is 9.08. The molecule has 0 radical (unpaired) electrons. The maximum Gasteiger partial charge on any atom is 0.322 e. The molecule has 2 rings (SSSR count). The highest BCUT2D eigenvalue weighted by molar-refractivity contribution is 5.57. The minimum absolute atomic E-state index is 0.269. The van der Waals surface area contributed by atoms with E-state index in [1.165, 1.54) is 0 Å². The smallest absolute Gasteiger partial charge is 0.322 e. The second kappa shape index (κ2) is 5.57. The molecular formula is C15H16N4O. The highest BCUT2D eigenvalue weighted by Gasteiger charge is 2.09. The van der Waals surface area contributed by atoms with E-state index in [-0.39, 0.29) is 11.9 Å². The van der Waals surface area contributed by atoms with Gasteiger partial charge in [-0.15, -0.1) is 0 Å². The van der Waals surface area contributed by atoms with E-state index < -0.39 is 0 Å². The van der Waals surface area contributed by atoms with Crippen molar-refractivity contribution in [2.45, 2.75) is 26.7 Å². The fourth-order valence-electron chi connectivity index (χ4n) is 1.72. The van der Waals surface area contributed by atoms with Crippen LogP contribution >= 0.6 is 0 Å². The predicted molar refractivity (Wildman–Crippen MR) is 76.5 cm³/mol. The number of anilines is 1. The molecule has 0 aliphatic rings. The third-order valence-electron chi connectivity index (χ3n) is 2.79. The van der Waals surface area contributed by atoms with Crippen molar-refractivity contribution in [2.24, 2.45) is 0 Å². The van der Waals surface area contributed by atoms with E-state index in [1.54, 1.807) is 18.2 Å². The Morgan fingerprint density at radius 2 is 2.00 bits per heavy atom. The maximum atomic E-state index is 8.81. The zero-order valence-corrected chi connectivity index (χ0v) is 11.7. The number of rotatable bonds is 3. The lowest BCUT2D eigenvalue weighted by Gasteiger charge is -2.10. The molecule has 0 saturated carbocycles. The fraction of sp³-hybridized carbons (Fsp3) is 0.267. The van der Waals surface area contributed by atoms with Crippen LogP contribution in [0.25, 0.3) is 0 Å². The molecular weight excluding hydrogens is 252 g/mol. The second-order valence-electron chi connectivity index (χ2n) is 4.84. The summed E-state index contributed by atoms with van der Waals surface area (Å²) in [4.78, 5) is 8.60. The van der Waals surface area contributed by atoms with Gasteiger partial charge >= 0.3 is 6.01 Å². The Kier molecular flexibility index (Phi) is 3.85. The monoisotopic (exact) mass is 268 g/mol. The van der Waals surface area contributed by atoms with Crippen molar-refractivity contribution in [3.05, 3.63) is 41.2 Å². The number of hydrogen-bond acceptors (Lipinski definition) is 5. The number of nitrogens with two attached hydrogens (primary N) is 1. The minimum Gasteiger partial charge on any atom is -0.422 e. The van der Waals surface area contributed by atoms with E-state index in [4.69, 9.17) is 15.7 Å². The molecule has 0 aliphatic heterocycles. The molecule has 2 N–H and O–H groups in total. The highest BCUT2D eigenvalue weighted by Crippen LogP contribution is 2.27. The van der Waals surface area contributed by atoms with E-state index >= 15 is 0 Å². The van der Waals surface area contributed by atoms with E-state index in [1.807, 2.05) is 19.1 Å². The second-order valence-corrected chi connectivity index (χ2v) is 4.84. The van der Waals surface area contributed by atoms with Crippen LogP contribution in [0, 0.1) is 18.3 Å². The summed E-state index contributed by atoms with van der Waals surface area (Å²) in [6.45, 7) is 6.01. The van der Waals surface area contributed by atoms with Gasteiger partial charge in [-0.3, -0.25) is 0 Å². The van der Waals surface area contributed by atoms with Gasteiger partial charge in [-0.05, 0) is 37.1 Å². The van der Waals surface area contributed by atoms with Crippen LogP contribution < -0.4 is 10.5 Å². The van der Waals surface area contributed by atoms with Crippen LogP contribution in [0.3, 0.4) is 0 Å². The molecule has 20 heavy (non-hydrogen) atoms. The third-order valence-corrected chi connectivity index (χ3v) is 2.79. The Morgan fingerprint density at radius 1 is 1.25 bits per heavy atom. The van der Waals surface area contributed by atoms with Crippen LogP contribution in [0.1, 0.15) is 36.7 Å². The molecule has 0 unspecified atom stereocenters. The summed E-state index contributed by atoms with van der Waals surface area (Å²) in [5, 5.41) is 8.81. The van der Waals surface area contributed by atoms with Gasteiger partial charge in [0, 0.05) is 5.69 Å². The topological polar surface area (TPSA) is 84.8 Å². The fourth-order valence-corrected chi connectivity index (χ4v) is 1.72. The Bertz CT molecular complexity index is 674. The van der Waals surface area contributed by atoms with Gasteiger partial charge < -0.3 is 10.5 Å². The largest absolute Gasteiger partial charge is 0.422 e. The van der Waals surface area contributed by atoms with Gasteiger partial charge in [-0.2, -0.15) is 10.2 Å². The van der Waals surface area contributed by atoms with Crippen molar-refractivity contribution >= 4 is 5.69 Å². The standard InChI is InChI=1S/C15H16N4O/c1-9(2)13-6-10(3)18-15(19-13)20-14-5-4-11(8-16)7-12(14)17/h4-7,9H,17H2,1-3H3. The van der Waals surface area contributed by atoms with E-state index in [9.17, 15) is 0 Å². The van der Waals surface area contributed by atoms with Crippen molar-refractivity contribution < 1.29 is 4.74 Å². The Labute approximate surface area is 118 Å². The van der Waals surface area contributed by atoms with E-state index in [2.05, 4.69) is 23.8 Å². The summed E-state index contributed by atoms with van der Waals surface area (Å²) in [6.07, 6.45) is 0. The number of aromatic nitrogens is 2. The van der Waals surface area contributed by atoms with Crippen LogP contribution in [0.5, 0.6) is 11.8 Å². The van der Waals surface area contributed by atoms with Crippen LogP contribution in [0.4, 0.5) is 5.69 Å². The van der Waals surface area contributed by atoms with Crippen molar-refractivity contribution in [3.63, 3.8) is 0 Å². The number of nitrogens with zero attached hydrogens (tertiary/aromatic N) is 3. The first-order valence-electron chi connectivity index (χ1n) is 6.32. The average molecular weight is 268 g/mol. The molecule has 2 aromatic rings. The minimum atomic E-state index is 0.269. The zero-order valence-electron chi connectivity index (χ0n) is 11.7. The maximum absolute atomic E-state index is 8.81.